The molecule has 0 aliphatic rings. The minimum atomic E-state index is -0.416. The van der Waals surface area contributed by atoms with Gasteiger partial charge in [0.1, 0.15) is 6.54 Å². The van der Waals surface area contributed by atoms with Gasteiger partial charge in [0.2, 0.25) is 5.91 Å². The lowest BCUT2D eigenvalue weighted by Crippen LogP contribution is -2.30. The summed E-state index contributed by atoms with van der Waals surface area (Å²) in [6.07, 6.45) is 0.354. The summed E-state index contributed by atoms with van der Waals surface area (Å²) in [7, 11) is 0. The van der Waals surface area contributed by atoms with Gasteiger partial charge in [-0.1, -0.05) is 11.6 Å². The molecular formula is C13H16ClNO3S. The molecule has 0 atom stereocenters. The van der Waals surface area contributed by atoms with Gasteiger partial charge in [0.25, 0.3) is 0 Å². The highest BCUT2D eigenvalue weighted by molar-refractivity contribution is 7.99. The minimum absolute atomic E-state index is 0.0711. The van der Waals surface area contributed by atoms with Crippen molar-refractivity contribution in [3.8, 4) is 0 Å². The highest BCUT2D eigenvalue weighted by Gasteiger charge is 2.06. The fraction of sp³-hybridized carbons (Fsp3) is 0.385. The van der Waals surface area contributed by atoms with Crippen LogP contribution in [0.3, 0.4) is 0 Å². The largest absolute Gasteiger partial charge is 0.465 e. The van der Waals surface area contributed by atoms with Gasteiger partial charge in [-0.2, -0.15) is 0 Å². The molecule has 0 spiro atoms. The van der Waals surface area contributed by atoms with E-state index in [1.807, 2.05) is 24.3 Å². The predicted octanol–water partition coefficient (Wildman–Crippen LogP) is 2.50. The van der Waals surface area contributed by atoms with E-state index >= 15 is 0 Å². The summed E-state index contributed by atoms with van der Waals surface area (Å²) in [5, 5.41) is 3.21. The second kappa shape index (κ2) is 8.82. The molecule has 1 rings (SSSR count). The van der Waals surface area contributed by atoms with Crippen molar-refractivity contribution in [1.82, 2.24) is 5.32 Å². The second-order valence-electron chi connectivity index (χ2n) is 3.63. The van der Waals surface area contributed by atoms with Gasteiger partial charge in [-0.3, -0.25) is 9.59 Å². The summed E-state index contributed by atoms with van der Waals surface area (Å²) in [6, 6.07) is 7.43. The molecule has 6 heteroatoms. The lowest BCUT2D eigenvalue weighted by atomic mass is 10.4. The molecule has 1 aromatic rings. The maximum absolute atomic E-state index is 11.4. The molecule has 0 radical (unpaired) electrons. The summed E-state index contributed by atoms with van der Waals surface area (Å²) < 4.78 is 4.71. The molecule has 0 aromatic heterocycles. The van der Waals surface area contributed by atoms with Gasteiger partial charge in [-0.15, -0.1) is 11.8 Å². The lowest BCUT2D eigenvalue weighted by Gasteiger charge is -2.05. The number of hydrogen-bond acceptors (Lipinski definition) is 4. The Morgan fingerprint density at radius 1 is 1.32 bits per heavy atom. The van der Waals surface area contributed by atoms with Crippen LogP contribution in [0.15, 0.2) is 29.2 Å². The minimum Gasteiger partial charge on any atom is -0.465 e. The van der Waals surface area contributed by atoms with Crippen molar-refractivity contribution in [2.24, 2.45) is 0 Å². The summed E-state index contributed by atoms with van der Waals surface area (Å²) >= 11 is 7.34. The van der Waals surface area contributed by atoms with E-state index in [1.165, 1.54) is 0 Å². The van der Waals surface area contributed by atoms with E-state index in [1.54, 1.807) is 18.7 Å². The summed E-state index contributed by atoms with van der Waals surface area (Å²) in [5.74, 6) is 0.0757. The van der Waals surface area contributed by atoms with Crippen LogP contribution in [0.4, 0.5) is 0 Å². The van der Waals surface area contributed by atoms with Crippen LogP contribution in [0.2, 0.25) is 5.02 Å². The molecule has 0 saturated heterocycles. The highest BCUT2D eigenvalue weighted by Crippen LogP contribution is 2.20. The topological polar surface area (TPSA) is 55.4 Å². The van der Waals surface area contributed by atoms with E-state index in [4.69, 9.17) is 16.3 Å². The molecule has 104 valence electrons. The van der Waals surface area contributed by atoms with Gasteiger partial charge in [0.05, 0.1) is 6.61 Å². The zero-order valence-corrected chi connectivity index (χ0v) is 12.2. The first-order valence-electron chi connectivity index (χ1n) is 5.92. The third kappa shape index (κ3) is 7.08. The van der Waals surface area contributed by atoms with Crippen molar-refractivity contribution >= 4 is 35.2 Å². The number of rotatable bonds is 7. The molecule has 19 heavy (non-hydrogen) atoms. The molecule has 0 unspecified atom stereocenters. The maximum atomic E-state index is 11.4. The van der Waals surface area contributed by atoms with Crippen LogP contribution in [0.25, 0.3) is 0 Å². The van der Waals surface area contributed by atoms with Crippen molar-refractivity contribution in [2.75, 3.05) is 18.9 Å². The predicted molar refractivity (Wildman–Crippen MR) is 76.4 cm³/mol. The van der Waals surface area contributed by atoms with E-state index in [0.717, 1.165) is 4.90 Å². The molecule has 0 bridgehead atoms. The Labute approximate surface area is 121 Å². The van der Waals surface area contributed by atoms with Gasteiger partial charge < -0.3 is 10.1 Å². The number of nitrogens with one attached hydrogen (secondary N) is 1. The van der Waals surface area contributed by atoms with Crippen LogP contribution in [-0.2, 0) is 14.3 Å². The first kappa shape index (κ1) is 15.9. The Kier molecular flexibility index (Phi) is 7.36. The standard InChI is InChI=1S/C13H16ClNO3S/c1-2-18-13(17)9-15-12(16)7-8-19-11-5-3-10(14)4-6-11/h3-6H,2,7-9H2,1H3,(H,15,16). The molecule has 0 heterocycles. The Bertz CT molecular complexity index is 422. The Morgan fingerprint density at radius 3 is 2.63 bits per heavy atom. The quantitative estimate of drug-likeness (QED) is 0.621. The number of carbonyl (C=O) groups is 2. The number of esters is 1. The molecule has 1 N–H and O–H groups in total. The number of carbonyl (C=O) groups excluding carboxylic acids is 2. The third-order valence-corrected chi connectivity index (χ3v) is 3.41. The Hall–Kier alpha value is -1.20. The van der Waals surface area contributed by atoms with Crippen molar-refractivity contribution in [2.45, 2.75) is 18.2 Å². The van der Waals surface area contributed by atoms with Crippen LogP contribution < -0.4 is 5.32 Å². The zero-order chi connectivity index (χ0) is 14.1. The van der Waals surface area contributed by atoms with E-state index in [9.17, 15) is 9.59 Å². The number of thioether (sulfide) groups is 1. The maximum Gasteiger partial charge on any atom is 0.325 e. The first-order valence-corrected chi connectivity index (χ1v) is 7.29. The van der Waals surface area contributed by atoms with Gasteiger partial charge in [-0.05, 0) is 31.2 Å². The SMILES string of the molecule is CCOC(=O)CNC(=O)CCSc1ccc(Cl)cc1. The fourth-order valence-corrected chi connectivity index (χ4v) is 2.24. The number of hydrogen-bond donors (Lipinski definition) is 1. The Balaban J connectivity index is 2.16. The molecular weight excluding hydrogens is 286 g/mol. The van der Waals surface area contributed by atoms with E-state index in [0.29, 0.717) is 23.8 Å². The van der Waals surface area contributed by atoms with E-state index in [2.05, 4.69) is 5.32 Å². The van der Waals surface area contributed by atoms with Gasteiger partial charge in [0, 0.05) is 22.1 Å². The van der Waals surface area contributed by atoms with E-state index < -0.39 is 5.97 Å². The molecule has 4 nitrogen and oxygen atoms in total. The number of benzene rings is 1. The number of ether oxygens (including phenoxy) is 1. The van der Waals surface area contributed by atoms with Crippen molar-refractivity contribution in [1.29, 1.82) is 0 Å². The smallest absolute Gasteiger partial charge is 0.325 e. The van der Waals surface area contributed by atoms with Crippen molar-refractivity contribution in [3.63, 3.8) is 0 Å². The molecule has 0 aliphatic carbocycles. The molecule has 0 aliphatic heterocycles. The average Bonchev–Trinajstić information content (AvgIpc) is 2.39. The van der Waals surface area contributed by atoms with Crippen LogP contribution in [0.1, 0.15) is 13.3 Å². The Morgan fingerprint density at radius 2 is 2.00 bits per heavy atom. The van der Waals surface area contributed by atoms with Gasteiger partial charge in [0.15, 0.2) is 0 Å². The van der Waals surface area contributed by atoms with Gasteiger partial charge >= 0.3 is 5.97 Å². The zero-order valence-electron chi connectivity index (χ0n) is 10.6. The summed E-state index contributed by atoms with van der Waals surface area (Å²) in [6.45, 7) is 1.97. The normalized spacial score (nSPS) is 10.0. The summed E-state index contributed by atoms with van der Waals surface area (Å²) in [4.78, 5) is 23.5. The van der Waals surface area contributed by atoms with Gasteiger partial charge in [-0.25, -0.2) is 0 Å². The number of halogens is 1. The van der Waals surface area contributed by atoms with Crippen molar-refractivity contribution < 1.29 is 14.3 Å². The molecule has 1 aromatic carbocycles. The monoisotopic (exact) mass is 301 g/mol. The third-order valence-electron chi connectivity index (χ3n) is 2.15. The summed E-state index contributed by atoms with van der Waals surface area (Å²) in [5.41, 5.74) is 0. The van der Waals surface area contributed by atoms with Crippen LogP contribution in [0.5, 0.6) is 0 Å². The van der Waals surface area contributed by atoms with Crippen molar-refractivity contribution in [3.05, 3.63) is 29.3 Å². The first-order chi connectivity index (χ1) is 9.11. The van der Waals surface area contributed by atoms with Crippen LogP contribution in [0, 0.1) is 0 Å². The second-order valence-corrected chi connectivity index (χ2v) is 5.24. The van der Waals surface area contributed by atoms with E-state index in [-0.39, 0.29) is 12.5 Å². The average molecular weight is 302 g/mol. The molecule has 1 amide bonds. The number of amides is 1. The molecule has 0 fully saturated rings. The lowest BCUT2D eigenvalue weighted by molar-refractivity contribution is -0.143. The fourth-order valence-electron chi connectivity index (χ4n) is 1.26. The van der Waals surface area contributed by atoms with Crippen LogP contribution >= 0.6 is 23.4 Å². The highest BCUT2D eigenvalue weighted by atomic mass is 35.5. The molecule has 0 saturated carbocycles. The van der Waals surface area contributed by atoms with Crippen LogP contribution in [-0.4, -0.2) is 30.8 Å².